The van der Waals surface area contributed by atoms with Gasteiger partial charge in [-0.15, -0.1) is 0 Å². The maximum absolute atomic E-state index is 7.53. The molecule has 158 valence electrons. The first kappa shape index (κ1) is 18.6. The fourth-order valence-electron chi connectivity index (χ4n) is 4.42. The van der Waals surface area contributed by atoms with Crippen LogP contribution in [0.1, 0.15) is 34.9 Å². The topological polar surface area (TPSA) is 110 Å². The molecular weight excluding hydrogens is 402 g/mol. The highest BCUT2D eigenvalue weighted by Crippen LogP contribution is 2.57. The quantitative estimate of drug-likeness (QED) is 0.304. The Morgan fingerprint density at radius 1 is 1.19 bits per heavy atom. The molecule has 2 aliphatic carbocycles. The molecule has 2 atom stereocenters. The Hall–Kier alpha value is -4.13. The van der Waals surface area contributed by atoms with Gasteiger partial charge in [0.25, 0.3) is 0 Å². The Balaban J connectivity index is 1.44. The van der Waals surface area contributed by atoms with Gasteiger partial charge in [0.05, 0.1) is 18.4 Å². The number of hydrogen-bond acceptors (Lipinski definition) is 7. The summed E-state index contributed by atoms with van der Waals surface area (Å²) in [6.45, 7) is 0. The Morgan fingerprint density at radius 2 is 2.06 bits per heavy atom. The predicted molar refractivity (Wildman–Crippen MR) is 125 cm³/mol. The molecule has 7 heteroatoms. The molecule has 2 aromatic carbocycles. The smallest absolute Gasteiger partial charge is 0.230 e. The number of benzene rings is 2. The lowest BCUT2D eigenvalue weighted by molar-refractivity contribution is 0.394. The van der Waals surface area contributed by atoms with Crippen molar-refractivity contribution >= 4 is 40.1 Å². The molecular formula is C25H21N5O2. The number of aromatic nitrogens is 2. The number of rotatable bonds is 5. The highest BCUT2D eigenvalue weighted by atomic mass is 16.5. The van der Waals surface area contributed by atoms with Gasteiger partial charge in [0.15, 0.2) is 0 Å². The molecule has 0 amide bonds. The number of furan rings is 1. The van der Waals surface area contributed by atoms with Crippen LogP contribution in [0, 0.1) is 11.3 Å². The summed E-state index contributed by atoms with van der Waals surface area (Å²) in [5.74, 6) is 2.57. The van der Waals surface area contributed by atoms with Gasteiger partial charge in [0, 0.05) is 40.0 Å². The Morgan fingerprint density at radius 3 is 2.88 bits per heavy atom. The number of nitrogens with two attached hydrogens (primary N) is 1. The van der Waals surface area contributed by atoms with E-state index in [4.69, 9.17) is 25.3 Å². The van der Waals surface area contributed by atoms with Crippen LogP contribution >= 0.6 is 0 Å². The first-order chi connectivity index (χ1) is 15.6. The Kier molecular flexibility index (Phi) is 4.04. The largest absolute Gasteiger partial charge is 0.480 e. The molecule has 2 aromatic heterocycles. The lowest BCUT2D eigenvalue weighted by Crippen LogP contribution is -2.10. The van der Waals surface area contributed by atoms with E-state index in [1.54, 1.807) is 19.2 Å². The molecule has 2 heterocycles. The normalized spacial score (nSPS) is 18.5. The Labute approximate surface area is 184 Å². The second-order valence-electron chi connectivity index (χ2n) is 8.16. The molecule has 7 nitrogen and oxygen atoms in total. The van der Waals surface area contributed by atoms with Crippen molar-refractivity contribution in [2.45, 2.75) is 12.3 Å². The van der Waals surface area contributed by atoms with Gasteiger partial charge in [0.1, 0.15) is 11.3 Å². The van der Waals surface area contributed by atoms with E-state index in [0.717, 1.165) is 45.7 Å². The number of nitrogens with one attached hydrogen (secondary N) is 2. The van der Waals surface area contributed by atoms with Crippen LogP contribution in [-0.2, 0) is 0 Å². The van der Waals surface area contributed by atoms with Crippen LogP contribution in [0.4, 0.5) is 17.3 Å². The molecule has 2 aliphatic rings. The number of methoxy groups -OCH3 is 1. The maximum Gasteiger partial charge on any atom is 0.230 e. The van der Waals surface area contributed by atoms with Gasteiger partial charge in [-0.3, -0.25) is 0 Å². The number of allylic oxidation sites excluding steroid dienone is 1. The number of nitrogen functional groups attached to an aromatic ring is 1. The molecule has 32 heavy (non-hydrogen) atoms. The number of nitrogens with zero attached hydrogens (tertiary/aromatic N) is 2. The van der Waals surface area contributed by atoms with E-state index < -0.39 is 0 Å². The lowest BCUT2D eigenvalue weighted by atomic mass is 9.93. The zero-order chi connectivity index (χ0) is 21.8. The first-order valence-electron chi connectivity index (χ1n) is 10.5. The highest BCUT2D eigenvalue weighted by molar-refractivity contribution is 5.90. The Bertz CT molecular complexity index is 1390. The third-order valence-corrected chi connectivity index (χ3v) is 6.13. The van der Waals surface area contributed by atoms with E-state index in [2.05, 4.69) is 22.4 Å². The summed E-state index contributed by atoms with van der Waals surface area (Å²) in [5.41, 5.74) is 11.6. The fraction of sp³-hybridized carbons (Fsp3) is 0.160. The van der Waals surface area contributed by atoms with Crippen LogP contribution in [0.25, 0.3) is 16.5 Å². The van der Waals surface area contributed by atoms with Gasteiger partial charge in [-0.05, 0) is 42.7 Å². The molecule has 1 unspecified atom stereocenters. The maximum atomic E-state index is 7.53. The van der Waals surface area contributed by atoms with E-state index in [-0.39, 0.29) is 0 Å². The van der Waals surface area contributed by atoms with Gasteiger partial charge in [-0.25, -0.2) is 4.98 Å². The number of anilines is 3. The minimum atomic E-state index is 0.360. The lowest BCUT2D eigenvalue weighted by Gasteiger charge is -2.19. The van der Waals surface area contributed by atoms with Crippen LogP contribution in [0.15, 0.2) is 59.0 Å². The zero-order valence-electron chi connectivity index (χ0n) is 17.4. The molecule has 1 fully saturated rings. The number of para-hydroxylation sites is 1. The summed E-state index contributed by atoms with van der Waals surface area (Å²) in [7, 11) is 1.62. The van der Waals surface area contributed by atoms with Crippen LogP contribution in [0.3, 0.4) is 0 Å². The van der Waals surface area contributed by atoms with E-state index in [1.165, 1.54) is 6.21 Å². The average molecular weight is 423 g/mol. The second kappa shape index (κ2) is 6.95. The number of ether oxygens (including phenoxy) is 1. The fourth-order valence-corrected chi connectivity index (χ4v) is 4.42. The van der Waals surface area contributed by atoms with Crippen molar-refractivity contribution in [2.75, 3.05) is 18.2 Å². The van der Waals surface area contributed by atoms with Crippen molar-refractivity contribution < 1.29 is 9.15 Å². The number of hydrogen-bond donors (Lipinski definition) is 3. The van der Waals surface area contributed by atoms with Gasteiger partial charge >= 0.3 is 0 Å². The average Bonchev–Trinajstić information content (AvgIpc) is 3.48. The van der Waals surface area contributed by atoms with Crippen molar-refractivity contribution in [3.8, 4) is 5.88 Å². The van der Waals surface area contributed by atoms with Crippen molar-refractivity contribution in [3.05, 3.63) is 77.2 Å². The molecule has 0 radical (unpaired) electrons. The number of fused-ring (bicyclic) bond motifs is 4. The van der Waals surface area contributed by atoms with E-state index >= 15 is 0 Å². The molecule has 4 aromatic rings. The summed E-state index contributed by atoms with van der Waals surface area (Å²) >= 11 is 0. The second-order valence-corrected chi connectivity index (χ2v) is 8.16. The van der Waals surface area contributed by atoms with E-state index in [9.17, 15) is 0 Å². The monoisotopic (exact) mass is 423 g/mol. The summed E-state index contributed by atoms with van der Waals surface area (Å²) < 4.78 is 11.9. The minimum Gasteiger partial charge on any atom is -0.480 e. The molecule has 4 N–H and O–H groups in total. The third-order valence-electron chi connectivity index (χ3n) is 6.13. The SMILES string of the molecule is COc1nc(Nc2ccc(N)c(C=N)c2)nc2c1C(c1cc3ccccc3o1)=C[C@H]1CC21. The van der Waals surface area contributed by atoms with E-state index in [1.807, 2.05) is 30.3 Å². The van der Waals surface area contributed by atoms with Crippen molar-refractivity contribution in [1.29, 1.82) is 5.41 Å². The third kappa shape index (κ3) is 2.93. The summed E-state index contributed by atoms with van der Waals surface area (Å²) in [6.07, 6.45) is 4.55. The van der Waals surface area contributed by atoms with Crippen LogP contribution < -0.4 is 15.8 Å². The van der Waals surface area contributed by atoms with E-state index in [0.29, 0.717) is 34.9 Å². The minimum absolute atomic E-state index is 0.360. The van der Waals surface area contributed by atoms with Gasteiger partial charge < -0.3 is 25.6 Å². The van der Waals surface area contributed by atoms with Crippen molar-refractivity contribution in [3.63, 3.8) is 0 Å². The summed E-state index contributed by atoms with van der Waals surface area (Å²) in [4.78, 5) is 9.52. The molecule has 6 rings (SSSR count). The first-order valence-corrected chi connectivity index (χ1v) is 10.5. The molecule has 0 aliphatic heterocycles. The zero-order valence-corrected chi connectivity index (χ0v) is 17.4. The molecule has 1 saturated carbocycles. The highest BCUT2D eigenvalue weighted by Gasteiger charge is 2.45. The summed E-state index contributed by atoms with van der Waals surface area (Å²) in [5, 5.41) is 11.8. The van der Waals surface area contributed by atoms with Gasteiger partial charge in [-0.2, -0.15) is 4.98 Å². The standard InChI is InChI=1S/C25H21N5O2/c1-31-24-22-18(21-11-13-4-2-3-5-20(13)32-21)10-14-9-17(14)23(22)29-25(30-24)28-16-6-7-19(27)15(8-16)12-26/h2-8,10-12,14,17,26H,9,27H2,1H3,(H,28,29,30)/t14-,17?/m1/s1. The van der Waals surface area contributed by atoms with Crippen LogP contribution in [0.5, 0.6) is 5.88 Å². The van der Waals surface area contributed by atoms with Crippen molar-refractivity contribution in [2.24, 2.45) is 5.92 Å². The predicted octanol–water partition coefficient (Wildman–Crippen LogP) is 5.10. The molecule has 0 saturated heterocycles. The van der Waals surface area contributed by atoms with Crippen molar-refractivity contribution in [1.82, 2.24) is 9.97 Å². The molecule has 0 bridgehead atoms. The summed E-state index contributed by atoms with van der Waals surface area (Å²) in [6, 6.07) is 15.5. The van der Waals surface area contributed by atoms with Crippen LogP contribution in [-0.4, -0.2) is 23.3 Å². The van der Waals surface area contributed by atoms with Gasteiger partial charge in [-0.1, -0.05) is 24.3 Å². The van der Waals surface area contributed by atoms with Gasteiger partial charge in [0.2, 0.25) is 11.8 Å². The molecule has 0 spiro atoms. The van der Waals surface area contributed by atoms with Crippen LogP contribution in [0.2, 0.25) is 0 Å².